The molecule has 0 bridgehead atoms. The van der Waals surface area contributed by atoms with Crippen LogP contribution in [0.5, 0.6) is 11.5 Å². The maximum absolute atomic E-state index is 13.3. The molecule has 0 atom stereocenters. The van der Waals surface area contributed by atoms with E-state index in [0.29, 0.717) is 22.6 Å². The van der Waals surface area contributed by atoms with E-state index in [2.05, 4.69) is 15.9 Å². The molecule has 0 saturated carbocycles. The molecule has 130 valence electrons. The fourth-order valence-electron chi connectivity index (χ4n) is 2.97. The average Bonchev–Trinajstić information content (AvgIpc) is 3.12. The van der Waals surface area contributed by atoms with Gasteiger partial charge in [0.1, 0.15) is 0 Å². The Hall–Kier alpha value is -1.43. The number of fused-ring (bicyclic) bond motifs is 2. The van der Waals surface area contributed by atoms with Gasteiger partial charge in [-0.25, -0.2) is 0 Å². The zero-order valence-corrected chi connectivity index (χ0v) is 14.7. The fourth-order valence-corrected chi connectivity index (χ4v) is 3.36. The highest BCUT2D eigenvalue weighted by atomic mass is 79.9. The standard InChI is InChI=1S/C18H18BrF3O2/c19-7-5-3-1-2-4-6-12-8-15(18(20,21)22)14-10-17-16(9-13(12)14)23-11-24-17/h6,8-10H,1-5,7,11H2/b12-6+. The summed E-state index contributed by atoms with van der Waals surface area (Å²) in [6.45, 7) is 0.0515. The third-order valence-corrected chi connectivity index (χ3v) is 4.73. The van der Waals surface area contributed by atoms with Crippen LogP contribution < -0.4 is 9.47 Å². The summed E-state index contributed by atoms with van der Waals surface area (Å²) < 4.78 is 50.5. The summed E-state index contributed by atoms with van der Waals surface area (Å²) >= 11 is 3.39. The fraction of sp³-hybridized carbons (Fsp3) is 0.444. The van der Waals surface area contributed by atoms with E-state index in [9.17, 15) is 13.2 Å². The highest BCUT2D eigenvalue weighted by Crippen LogP contribution is 2.48. The first kappa shape index (κ1) is 17.4. The molecule has 3 rings (SSSR count). The Morgan fingerprint density at radius 3 is 2.33 bits per heavy atom. The Morgan fingerprint density at radius 1 is 1.00 bits per heavy atom. The molecule has 1 aliphatic heterocycles. The van der Waals surface area contributed by atoms with Crippen molar-refractivity contribution in [2.45, 2.75) is 38.3 Å². The first-order valence-electron chi connectivity index (χ1n) is 8.00. The highest BCUT2D eigenvalue weighted by Gasteiger charge is 2.40. The molecule has 0 saturated heterocycles. The predicted octanol–water partition coefficient (Wildman–Crippen LogP) is 6.10. The van der Waals surface area contributed by atoms with Gasteiger partial charge in [0, 0.05) is 5.33 Å². The molecule has 24 heavy (non-hydrogen) atoms. The summed E-state index contributed by atoms with van der Waals surface area (Å²) in [5.74, 6) is 0.883. The predicted molar refractivity (Wildman–Crippen MR) is 91.5 cm³/mol. The van der Waals surface area contributed by atoms with Crippen LogP contribution in [0.15, 0.2) is 24.3 Å². The van der Waals surface area contributed by atoms with Gasteiger partial charge in [-0.1, -0.05) is 34.8 Å². The SMILES string of the molecule is FC(F)(F)C1=C/C(=C\CCCCCCBr)c2cc3c(cc21)OCO3. The lowest BCUT2D eigenvalue weighted by Crippen LogP contribution is -2.09. The number of rotatable bonds is 6. The Kier molecular flexibility index (Phi) is 5.23. The van der Waals surface area contributed by atoms with Crippen molar-refractivity contribution in [1.29, 1.82) is 0 Å². The minimum Gasteiger partial charge on any atom is -0.454 e. The first-order chi connectivity index (χ1) is 11.5. The van der Waals surface area contributed by atoms with Gasteiger partial charge in [0.15, 0.2) is 11.5 Å². The number of ether oxygens (including phenoxy) is 2. The summed E-state index contributed by atoms with van der Waals surface area (Å²) in [7, 11) is 0. The van der Waals surface area contributed by atoms with Crippen molar-refractivity contribution in [3.8, 4) is 11.5 Å². The molecule has 0 unspecified atom stereocenters. The summed E-state index contributed by atoms with van der Waals surface area (Å²) in [5, 5.41) is 0.992. The average molecular weight is 403 g/mol. The van der Waals surface area contributed by atoms with Gasteiger partial charge in [0.2, 0.25) is 6.79 Å². The van der Waals surface area contributed by atoms with Crippen LogP contribution in [0.4, 0.5) is 13.2 Å². The molecule has 0 amide bonds. The van der Waals surface area contributed by atoms with Crippen molar-refractivity contribution >= 4 is 27.1 Å². The summed E-state index contributed by atoms with van der Waals surface area (Å²) in [6, 6.07) is 3.09. The first-order valence-corrected chi connectivity index (χ1v) is 9.12. The van der Waals surface area contributed by atoms with E-state index < -0.39 is 11.7 Å². The van der Waals surface area contributed by atoms with Crippen molar-refractivity contribution in [1.82, 2.24) is 0 Å². The van der Waals surface area contributed by atoms with Crippen LogP contribution >= 0.6 is 15.9 Å². The van der Waals surface area contributed by atoms with Crippen LogP contribution in [0.1, 0.15) is 43.2 Å². The van der Waals surface area contributed by atoms with Crippen molar-refractivity contribution in [2.75, 3.05) is 12.1 Å². The van der Waals surface area contributed by atoms with E-state index in [1.165, 1.54) is 12.1 Å². The zero-order valence-electron chi connectivity index (χ0n) is 13.1. The van der Waals surface area contributed by atoms with Gasteiger partial charge < -0.3 is 9.47 Å². The van der Waals surface area contributed by atoms with Crippen molar-refractivity contribution in [3.63, 3.8) is 0 Å². The smallest absolute Gasteiger partial charge is 0.417 e. The van der Waals surface area contributed by atoms with Crippen LogP contribution in [-0.4, -0.2) is 18.3 Å². The van der Waals surface area contributed by atoms with Gasteiger partial charge in [-0.3, -0.25) is 0 Å². The number of benzene rings is 1. The monoisotopic (exact) mass is 402 g/mol. The molecule has 1 heterocycles. The largest absolute Gasteiger partial charge is 0.454 e. The van der Waals surface area contributed by atoms with Crippen LogP contribution in [0, 0.1) is 0 Å². The van der Waals surface area contributed by atoms with Gasteiger partial charge in [-0.05, 0) is 54.2 Å². The van der Waals surface area contributed by atoms with Gasteiger partial charge in [0.25, 0.3) is 0 Å². The third kappa shape index (κ3) is 3.63. The highest BCUT2D eigenvalue weighted by molar-refractivity contribution is 9.09. The van der Waals surface area contributed by atoms with E-state index in [-0.39, 0.29) is 12.4 Å². The maximum Gasteiger partial charge on any atom is 0.417 e. The van der Waals surface area contributed by atoms with Gasteiger partial charge in [0.05, 0.1) is 5.57 Å². The lowest BCUT2D eigenvalue weighted by Gasteiger charge is -2.10. The minimum absolute atomic E-state index is 0.0515. The molecule has 6 heteroatoms. The molecule has 0 N–H and O–H groups in total. The number of hydrogen-bond donors (Lipinski definition) is 0. The second kappa shape index (κ2) is 7.21. The van der Waals surface area contributed by atoms with E-state index in [1.807, 2.05) is 6.08 Å². The van der Waals surface area contributed by atoms with Crippen LogP contribution in [0.3, 0.4) is 0 Å². The Bertz CT molecular complexity index is 678. The zero-order chi connectivity index (χ0) is 17.2. The third-order valence-electron chi connectivity index (χ3n) is 4.17. The molecule has 2 nitrogen and oxygen atoms in total. The van der Waals surface area contributed by atoms with E-state index in [4.69, 9.17) is 9.47 Å². The summed E-state index contributed by atoms with van der Waals surface area (Å²) in [6.07, 6.45) is 3.84. The van der Waals surface area contributed by atoms with Gasteiger partial charge >= 0.3 is 6.18 Å². The van der Waals surface area contributed by atoms with E-state index >= 15 is 0 Å². The second-order valence-electron chi connectivity index (χ2n) is 5.86. The summed E-state index contributed by atoms with van der Waals surface area (Å²) in [4.78, 5) is 0. The number of unbranched alkanes of at least 4 members (excludes halogenated alkanes) is 4. The molecule has 1 aromatic rings. The molecule has 1 aliphatic carbocycles. The lowest BCUT2D eigenvalue weighted by atomic mass is 10.0. The van der Waals surface area contributed by atoms with Crippen LogP contribution in [-0.2, 0) is 0 Å². The number of allylic oxidation sites excluding steroid dienone is 4. The van der Waals surface area contributed by atoms with Crippen LogP contribution in [0.25, 0.3) is 11.1 Å². The quantitative estimate of drug-likeness (QED) is 0.422. The van der Waals surface area contributed by atoms with Crippen LogP contribution in [0.2, 0.25) is 0 Å². The maximum atomic E-state index is 13.3. The number of hydrogen-bond acceptors (Lipinski definition) is 2. The van der Waals surface area contributed by atoms with E-state index in [1.54, 1.807) is 6.07 Å². The van der Waals surface area contributed by atoms with Crippen molar-refractivity contribution < 1.29 is 22.6 Å². The topological polar surface area (TPSA) is 18.5 Å². The number of alkyl halides is 4. The molecular weight excluding hydrogens is 385 g/mol. The molecule has 2 aliphatic rings. The van der Waals surface area contributed by atoms with Gasteiger partial charge in [-0.15, -0.1) is 0 Å². The normalized spacial score (nSPS) is 17.3. The van der Waals surface area contributed by atoms with Gasteiger partial charge in [-0.2, -0.15) is 13.2 Å². The Labute approximate surface area is 147 Å². The molecule has 0 fully saturated rings. The Balaban J connectivity index is 1.82. The minimum atomic E-state index is -4.38. The lowest BCUT2D eigenvalue weighted by molar-refractivity contribution is -0.0687. The van der Waals surface area contributed by atoms with E-state index in [0.717, 1.165) is 37.4 Å². The summed E-state index contributed by atoms with van der Waals surface area (Å²) in [5.41, 5.74) is 0.766. The Morgan fingerprint density at radius 2 is 1.67 bits per heavy atom. The van der Waals surface area contributed by atoms with Crippen molar-refractivity contribution in [2.24, 2.45) is 0 Å². The molecular formula is C18H18BrF3O2. The second-order valence-corrected chi connectivity index (χ2v) is 6.65. The van der Waals surface area contributed by atoms with Crippen molar-refractivity contribution in [3.05, 3.63) is 35.4 Å². The molecule has 0 radical (unpaired) electrons. The molecule has 0 aromatic heterocycles. The molecule has 0 spiro atoms. The molecule has 1 aromatic carbocycles. The number of halogens is 4.